The smallest absolute Gasteiger partial charge is 0.173 e. The summed E-state index contributed by atoms with van der Waals surface area (Å²) in [7, 11) is 0. The van der Waals surface area contributed by atoms with Crippen LogP contribution in [0.2, 0.25) is 0 Å². The van der Waals surface area contributed by atoms with Crippen LogP contribution in [0.5, 0.6) is 0 Å². The zero-order chi connectivity index (χ0) is 15.8. The lowest BCUT2D eigenvalue weighted by Crippen LogP contribution is -2.13. The molecule has 0 unspecified atom stereocenters. The third kappa shape index (κ3) is 2.44. The second kappa shape index (κ2) is 5.44. The number of nitrogens with zero attached hydrogens (tertiary/aromatic N) is 4. The lowest BCUT2D eigenvalue weighted by molar-refractivity contribution is 0.788. The standard InChI is InChI=1S/C16H14N6S/c1-10-12(23-9-19-10)7-22-8-18-14(17)13-16(22)21-15(20-13)11-5-3-2-4-6-11/h2-6,8-9,17H,7H2,1H3,(H,20,21). The van der Waals surface area contributed by atoms with Gasteiger partial charge in [0.25, 0.3) is 0 Å². The molecule has 0 aliphatic rings. The summed E-state index contributed by atoms with van der Waals surface area (Å²) < 4.78 is 1.96. The number of hydrogen-bond acceptors (Lipinski definition) is 5. The summed E-state index contributed by atoms with van der Waals surface area (Å²) in [6.45, 7) is 2.65. The normalized spacial score (nSPS) is 11.2. The van der Waals surface area contributed by atoms with E-state index in [1.807, 2.05) is 47.3 Å². The van der Waals surface area contributed by atoms with Crippen molar-refractivity contribution in [1.29, 1.82) is 5.41 Å². The molecule has 23 heavy (non-hydrogen) atoms. The number of fused-ring (bicyclic) bond motifs is 1. The van der Waals surface area contributed by atoms with Crippen LogP contribution < -0.4 is 5.49 Å². The number of aromatic amines is 1. The molecule has 0 fully saturated rings. The molecule has 3 aromatic heterocycles. The number of aryl methyl sites for hydroxylation is 1. The molecule has 4 rings (SSSR count). The molecule has 2 N–H and O–H groups in total. The predicted octanol–water partition coefficient (Wildman–Crippen LogP) is 2.72. The Hall–Kier alpha value is -2.80. The molecular formula is C16H14N6S. The fraction of sp³-hybridized carbons (Fsp3) is 0.125. The van der Waals surface area contributed by atoms with Crippen molar-refractivity contribution in [3.8, 4) is 11.4 Å². The van der Waals surface area contributed by atoms with Gasteiger partial charge >= 0.3 is 0 Å². The summed E-state index contributed by atoms with van der Waals surface area (Å²) in [6.07, 6.45) is 1.67. The molecule has 1 aromatic carbocycles. The molecule has 0 spiro atoms. The van der Waals surface area contributed by atoms with Crippen molar-refractivity contribution in [2.75, 3.05) is 0 Å². The van der Waals surface area contributed by atoms with E-state index >= 15 is 0 Å². The molecule has 0 saturated carbocycles. The average Bonchev–Trinajstić information content (AvgIpc) is 3.19. The van der Waals surface area contributed by atoms with Gasteiger partial charge < -0.3 is 9.55 Å². The third-order valence-electron chi connectivity index (χ3n) is 3.73. The third-order valence-corrected chi connectivity index (χ3v) is 4.65. The monoisotopic (exact) mass is 322 g/mol. The van der Waals surface area contributed by atoms with E-state index < -0.39 is 0 Å². The zero-order valence-corrected chi connectivity index (χ0v) is 13.3. The summed E-state index contributed by atoms with van der Waals surface area (Å²) in [5.41, 5.74) is 5.43. The Kier molecular flexibility index (Phi) is 3.27. The molecule has 3 heterocycles. The summed E-state index contributed by atoms with van der Waals surface area (Å²) in [5, 5.41) is 8.02. The van der Waals surface area contributed by atoms with E-state index in [-0.39, 0.29) is 5.49 Å². The highest BCUT2D eigenvalue weighted by molar-refractivity contribution is 7.09. The number of rotatable bonds is 3. The van der Waals surface area contributed by atoms with Crippen LogP contribution in [0.3, 0.4) is 0 Å². The van der Waals surface area contributed by atoms with Crippen LogP contribution in [0.15, 0.2) is 42.2 Å². The SMILES string of the molecule is Cc1ncsc1Cn1cnc(=N)c2[nH]c(-c3ccccc3)nc21. The first-order chi connectivity index (χ1) is 11.2. The number of H-pyrrole nitrogens is 1. The first kappa shape index (κ1) is 13.8. The fourth-order valence-corrected chi connectivity index (χ4v) is 3.24. The van der Waals surface area contributed by atoms with E-state index in [1.165, 1.54) is 4.88 Å². The molecule has 0 bridgehead atoms. The van der Waals surface area contributed by atoms with Gasteiger partial charge in [-0.15, -0.1) is 11.3 Å². The molecule has 114 valence electrons. The minimum atomic E-state index is 0.201. The zero-order valence-electron chi connectivity index (χ0n) is 12.4. The molecule has 0 saturated heterocycles. The van der Waals surface area contributed by atoms with Gasteiger partial charge in [-0.3, -0.25) is 5.41 Å². The summed E-state index contributed by atoms with van der Waals surface area (Å²) in [5.74, 6) is 0.747. The molecule has 7 heteroatoms. The minimum Gasteiger partial charge on any atom is -0.334 e. The van der Waals surface area contributed by atoms with Crippen LogP contribution in [0.4, 0.5) is 0 Å². The van der Waals surface area contributed by atoms with Gasteiger partial charge in [-0.25, -0.2) is 15.0 Å². The van der Waals surface area contributed by atoms with E-state index in [0.29, 0.717) is 12.1 Å². The number of benzene rings is 1. The Balaban J connectivity index is 1.86. The van der Waals surface area contributed by atoms with Gasteiger partial charge in [0, 0.05) is 10.4 Å². The van der Waals surface area contributed by atoms with Crippen molar-refractivity contribution < 1.29 is 0 Å². The van der Waals surface area contributed by atoms with Crippen molar-refractivity contribution in [2.45, 2.75) is 13.5 Å². The number of imidazole rings is 1. The number of thiazole rings is 1. The summed E-state index contributed by atoms with van der Waals surface area (Å²) >= 11 is 1.62. The molecule has 6 nitrogen and oxygen atoms in total. The van der Waals surface area contributed by atoms with Crippen molar-refractivity contribution in [3.63, 3.8) is 0 Å². The topological polar surface area (TPSA) is 83.2 Å². The van der Waals surface area contributed by atoms with E-state index in [0.717, 1.165) is 22.7 Å². The fourth-order valence-electron chi connectivity index (χ4n) is 2.46. The molecule has 0 radical (unpaired) electrons. The molecule has 0 aliphatic heterocycles. The quantitative estimate of drug-likeness (QED) is 0.608. The highest BCUT2D eigenvalue weighted by atomic mass is 32.1. The van der Waals surface area contributed by atoms with Gasteiger partial charge in [0.1, 0.15) is 11.3 Å². The van der Waals surface area contributed by atoms with Crippen molar-refractivity contribution in [3.05, 3.63) is 58.2 Å². The Bertz CT molecular complexity index is 1030. The van der Waals surface area contributed by atoms with E-state index in [2.05, 4.69) is 19.9 Å². The molecule has 0 aliphatic carbocycles. The van der Waals surface area contributed by atoms with Crippen LogP contribution in [0.25, 0.3) is 22.6 Å². The molecular weight excluding hydrogens is 308 g/mol. The molecule has 0 amide bonds. The van der Waals surface area contributed by atoms with Crippen LogP contribution in [0.1, 0.15) is 10.6 Å². The molecule has 0 atom stereocenters. The van der Waals surface area contributed by atoms with Crippen LogP contribution >= 0.6 is 11.3 Å². The first-order valence-corrected chi connectivity index (χ1v) is 8.04. The summed E-state index contributed by atoms with van der Waals surface area (Å²) in [6, 6.07) is 9.89. The number of aromatic nitrogens is 5. The Morgan fingerprint density at radius 2 is 2.04 bits per heavy atom. The average molecular weight is 322 g/mol. The Morgan fingerprint density at radius 3 is 2.78 bits per heavy atom. The van der Waals surface area contributed by atoms with Gasteiger partial charge in [-0.2, -0.15) is 0 Å². The second-order valence-corrected chi connectivity index (χ2v) is 6.17. The maximum absolute atomic E-state index is 8.02. The summed E-state index contributed by atoms with van der Waals surface area (Å²) in [4.78, 5) is 17.5. The largest absolute Gasteiger partial charge is 0.334 e. The highest BCUT2D eigenvalue weighted by Crippen LogP contribution is 2.20. The van der Waals surface area contributed by atoms with Gasteiger partial charge in [-0.05, 0) is 6.92 Å². The lowest BCUT2D eigenvalue weighted by atomic mass is 10.2. The Labute approximate surface area is 136 Å². The predicted molar refractivity (Wildman–Crippen MR) is 89.1 cm³/mol. The van der Waals surface area contributed by atoms with Gasteiger partial charge in [0.2, 0.25) is 0 Å². The van der Waals surface area contributed by atoms with E-state index in [4.69, 9.17) is 5.41 Å². The van der Waals surface area contributed by atoms with Gasteiger partial charge in [-0.1, -0.05) is 30.3 Å². The second-order valence-electron chi connectivity index (χ2n) is 5.23. The minimum absolute atomic E-state index is 0.201. The molecule has 4 aromatic rings. The van der Waals surface area contributed by atoms with Crippen molar-refractivity contribution >= 4 is 22.5 Å². The number of nitrogens with one attached hydrogen (secondary N) is 2. The highest BCUT2D eigenvalue weighted by Gasteiger charge is 2.12. The Morgan fingerprint density at radius 1 is 1.22 bits per heavy atom. The maximum atomic E-state index is 8.02. The number of hydrogen-bond donors (Lipinski definition) is 2. The van der Waals surface area contributed by atoms with Gasteiger partial charge in [0.05, 0.1) is 24.1 Å². The van der Waals surface area contributed by atoms with E-state index in [9.17, 15) is 0 Å². The van der Waals surface area contributed by atoms with Crippen molar-refractivity contribution in [1.82, 2.24) is 24.5 Å². The first-order valence-electron chi connectivity index (χ1n) is 7.16. The van der Waals surface area contributed by atoms with Gasteiger partial charge in [0.15, 0.2) is 11.1 Å². The van der Waals surface area contributed by atoms with Crippen LogP contribution in [-0.4, -0.2) is 24.5 Å². The van der Waals surface area contributed by atoms with Crippen LogP contribution in [-0.2, 0) is 6.54 Å². The van der Waals surface area contributed by atoms with Crippen molar-refractivity contribution in [2.24, 2.45) is 0 Å². The van der Waals surface area contributed by atoms with Crippen LogP contribution in [0, 0.1) is 12.3 Å². The lowest BCUT2D eigenvalue weighted by Gasteiger charge is -2.05. The van der Waals surface area contributed by atoms with E-state index in [1.54, 1.807) is 17.7 Å². The maximum Gasteiger partial charge on any atom is 0.173 e.